The number of nitrogens with zero attached hydrogens (tertiary/aromatic N) is 1. The van der Waals surface area contributed by atoms with Gasteiger partial charge in [-0.3, -0.25) is 9.69 Å². The van der Waals surface area contributed by atoms with Gasteiger partial charge in [0.15, 0.2) is 0 Å². The lowest BCUT2D eigenvalue weighted by Gasteiger charge is -2.29. The fourth-order valence-electron chi connectivity index (χ4n) is 4.63. The molecule has 8 nitrogen and oxygen atoms in total. The van der Waals surface area contributed by atoms with E-state index >= 15 is 0 Å². The van der Waals surface area contributed by atoms with E-state index in [0.29, 0.717) is 6.29 Å². The first kappa shape index (κ1) is 30.0. The number of esters is 1. The van der Waals surface area contributed by atoms with Crippen LogP contribution >= 0.6 is 0 Å². The molecule has 1 aliphatic heterocycles. The molecule has 3 aromatic rings. The van der Waals surface area contributed by atoms with Gasteiger partial charge in [0.05, 0.1) is 24.7 Å². The molecule has 0 saturated carbocycles. The summed E-state index contributed by atoms with van der Waals surface area (Å²) in [6, 6.07) is 26.5. The molecule has 0 aliphatic carbocycles. The van der Waals surface area contributed by atoms with E-state index in [2.05, 4.69) is 0 Å². The Kier molecular flexibility index (Phi) is 10.3. The highest BCUT2D eigenvalue weighted by molar-refractivity contribution is 5.77. The molecule has 1 amide bonds. The molecule has 0 aromatic heterocycles. The number of hydrogen-bond donors (Lipinski definition) is 0. The molecular weight excluding hydrogens is 522 g/mol. The van der Waals surface area contributed by atoms with E-state index in [0.717, 1.165) is 16.7 Å². The summed E-state index contributed by atoms with van der Waals surface area (Å²) in [5, 5.41) is 0. The number of benzene rings is 3. The van der Waals surface area contributed by atoms with Gasteiger partial charge in [0.2, 0.25) is 0 Å². The van der Waals surface area contributed by atoms with Crippen LogP contribution in [-0.2, 0) is 48.4 Å². The normalized spacial score (nSPS) is 20.4. The molecule has 0 radical (unpaired) electrons. The van der Waals surface area contributed by atoms with Crippen molar-refractivity contribution in [1.29, 1.82) is 0 Å². The van der Waals surface area contributed by atoms with Crippen LogP contribution in [0.15, 0.2) is 91.0 Å². The monoisotopic (exact) mass is 559 g/mol. The first-order valence-corrected chi connectivity index (χ1v) is 13.7. The molecule has 0 spiro atoms. The average molecular weight is 560 g/mol. The third-order valence-electron chi connectivity index (χ3n) is 6.84. The van der Waals surface area contributed by atoms with Crippen molar-refractivity contribution < 1.29 is 33.3 Å². The van der Waals surface area contributed by atoms with Gasteiger partial charge in [-0.2, -0.15) is 0 Å². The van der Waals surface area contributed by atoms with Crippen molar-refractivity contribution in [2.45, 2.75) is 64.9 Å². The smallest absolute Gasteiger partial charge is 0.411 e. The topological polar surface area (TPSA) is 91.4 Å². The van der Waals surface area contributed by atoms with Crippen LogP contribution in [0, 0.1) is 5.41 Å². The second-order valence-corrected chi connectivity index (χ2v) is 11.0. The molecule has 1 fully saturated rings. The van der Waals surface area contributed by atoms with Gasteiger partial charge in [0.1, 0.15) is 37.7 Å². The molecule has 0 bridgehead atoms. The highest BCUT2D eigenvalue weighted by Crippen LogP contribution is 2.32. The lowest BCUT2D eigenvalue weighted by Crippen LogP contribution is -2.47. The van der Waals surface area contributed by atoms with E-state index < -0.39 is 41.8 Å². The quantitative estimate of drug-likeness (QED) is 0.232. The number of amides is 1. The maximum atomic E-state index is 13.6. The van der Waals surface area contributed by atoms with Crippen molar-refractivity contribution in [2.75, 3.05) is 6.61 Å². The molecular formula is C33H37NO7. The lowest BCUT2D eigenvalue weighted by atomic mass is 9.97. The minimum Gasteiger partial charge on any atom is -0.463 e. The third kappa shape index (κ3) is 8.02. The molecule has 216 valence electrons. The number of hydrogen-bond acceptors (Lipinski definition) is 7. The summed E-state index contributed by atoms with van der Waals surface area (Å²) in [6.07, 6.45) is -1.67. The molecule has 1 heterocycles. The minimum absolute atomic E-state index is 0.0152. The fourth-order valence-corrected chi connectivity index (χ4v) is 4.63. The molecule has 8 heteroatoms. The second-order valence-electron chi connectivity index (χ2n) is 11.0. The summed E-state index contributed by atoms with van der Waals surface area (Å²) in [4.78, 5) is 40.2. The first-order chi connectivity index (χ1) is 19.8. The Bertz CT molecular complexity index is 1260. The van der Waals surface area contributed by atoms with E-state index in [1.165, 1.54) is 4.90 Å². The lowest BCUT2D eigenvalue weighted by molar-refractivity contribution is -0.156. The van der Waals surface area contributed by atoms with Crippen LogP contribution in [0.4, 0.5) is 4.79 Å². The Hall–Kier alpha value is -4.01. The standard InChI is InChI=1S/C33H37NO7/c1-33(2,3)31(36)40-23-28-30(39-21-25-15-9-5-10-16-25)29(38-20-24-13-7-4-8-14-24)27(19-35)34(28)32(37)41-22-26-17-11-6-12-18-26/h4-19,27-30H,20-23H2,1-3H3/t27-,28+,29+,30-/m0/s1. The van der Waals surface area contributed by atoms with Gasteiger partial charge in [-0.25, -0.2) is 4.79 Å². The van der Waals surface area contributed by atoms with Crippen LogP contribution in [0.1, 0.15) is 37.5 Å². The van der Waals surface area contributed by atoms with Gasteiger partial charge in [-0.05, 0) is 37.5 Å². The van der Waals surface area contributed by atoms with Crippen LogP contribution in [0.3, 0.4) is 0 Å². The zero-order valence-electron chi connectivity index (χ0n) is 23.7. The molecule has 3 aromatic carbocycles. The zero-order chi connectivity index (χ0) is 29.2. The Morgan fingerprint density at radius 3 is 1.63 bits per heavy atom. The van der Waals surface area contributed by atoms with Gasteiger partial charge in [0.25, 0.3) is 0 Å². The zero-order valence-corrected chi connectivity index (χ0v) is 23.7. The average Bonchev–Trinajstić information content (AvgIpc) is 3.29. The SMILES string of the molecule is CC(C)(C)C(=O)OC[C@@H]1[C@H](OCc2ccccc2)[C@H](OCc2ccccc2)[C@H](C=O)N1C(=O)OCc1ccccc1. The predicted octanol–water partition coefficient (Wildman–Crippen LogP) is 5.34. The van der Waals surface area contributed by atoms with Crippen LogP contribution < -0.4 is 0 Å². The molecule has 41 heavy (non-hydrogen) atoms. The highest BCUT2D eigenvalue weighted by atomic mass is 16.6. The minimum atomic E-state index is -1.03. The Labute approximate surface area is 241 Å². The van der Waals surface area contributed by atoms with Gasteiger partial charge in [-0.1, -0.05) is 91.0 Å². The molecule has 0 N–H and O–H groups in total. The predicted molar refractivity (Wildman–Crippen MR) is 153 cm³/mol. The fraction of sp³-hybridized carbons (Fsp3) is 0.364. The summed E-state index contributed by atoms with van der Waals surface area (Å²) in [7, 11) is 0. The van der Waals surface area contributed by atoms with Crippen LogP contribution in [-0.4, -0.2) is 54.1 Å². The van der Waals surface area contributed by atoms with Gasteiger partial charge < -0.3 is 23.7 Å². The number of carbonyl (C=O) groups is 3. The molecule has 0 unspecified atom stereocenters. The van der Waals surface area contributed by atoms with Crippen LogP contribution in [0.5, 0.6) is 0 Å². The molecule has 4 atom stereocenters. The Morgan fingerprint density at radius 1 is 0.707 bits per heavy atom. The van der Waals surface area contributed by atoms with Gasteiger partial charge in [-0.15, -0.1) is 0 Å². The molecule has 4 rings (SSSR count). The van der Waals surface area contributed by atoms with Crippen molar-refractivity contribution in [2.24, 2.45) is 5.41 Å². The number of ether oxygens (including phenoxy) is 4. The number of carbonyl (C=O) groups excluding carboxylic acids is 3. The first-order valence-electron chi connectivity index (χ1n) is 13.7. The van der Waals surface area contributed by atoms with Gasteiger partial charge in [0, 0.05) is 0 Å². The van der Waals surface area contributed by atoms with Crippen molar-refractivity contribution >= 4 is 18.3 Å². The van der Waals surface area contributed by atoms with E-state index in [1.807, 2.05) is 91.0 Å². The van der Waals surface area contributed by atoms with E-state index in [9.17, 15) is 14.4 Å². The summed E-state index contributed by atoms with van der Waals surface area (Å²) < 4.78 is 24.0. The maximum absolute atomic E-state index is 13.6. The number of rotatable bonds is 11. The second kappa shape index (κ2) is 14.1. The Morgan fingerprint density at radius 2 is 1.17 bits per heavy atom. The van der Waals surface area contributed by atoms with Crippen molar-refractivity contribution in [3.05, 3.63) is 108 Å². The number of aldehydes is 1. The van der Waals surface area contributed by atoms with E-state index in [1.54, 1.807) is 20.8 Å². The van der Waals surface area contributed by atoms with Gasteiger partial charge >= 0.3 is 12.1 Å². The maximum Gasteiger partial charge on any atom is 0.411 e. The van der Waals surface area contributed by atoms with Crippen LogP contribution in [0.2, 0.25) is 0 Å². The Balaban J connectivity index is 1.63. The summed E-state index contributed by atoms with van der Waals surface area (Å²) >= 11 is 0. The van der Waals surface area contributed by atoms with Crippen molar-refractivity contribution in [3.63, 3.8) is 0 Å². The van der Waals surface area contributed by atoms with Crippen molar-refractivity contribution in [3.8, 4) is 0 Å². The summed E-state index contributed by atoms with van der Waals surface area (Å²) in [6.45, 7) is 5.48. The molecule has 1 aliphatic rings. The molecule has 1 saturated heterocycles. The summed E-state index contributed by atoms with van der Waals surface area (Å²) in [5.41, 5.74) is 1.85. The largest absolute Gasteiger partial charge is 0.463 e. The van der Waals surface area contributed by atoms with Crippen LogP contribution in [0.25, 0.3) is 0 Å². The number of likely N-dealkylation sites (tertiary alicyclic amines) is 1. The summed E-state index contributed by atoms with van der Waals surface area (Å²) in [5.74, 6) is -0.437. The third-order valence-corrected chi connectivity index (χ3v) is 6.84. The van der Waals surface area contributed by atoms with E-state index in [-0.39, 0.29) is 26.4 Å². The van der Waals surface area contributed by atoms with Crippen molar-refractivity contribution in [1.82, 2.24) is 4.90 Å². The highest BCUT2D eigenvalue weighted by Gasteiger charge is 2.54. The van der Waals surface area contributed by atoms with E-state index in [4.69, 9.17) is 18.9 Å².